The number of sulfonamides is 1. The van der Waals surface area contributed by atoms with E-state index in [0.717, 1.165) is 9.87 Å². The molecule has 0 spiro atoms. The van der Waals surface area contributed by atoms with Crippen LogP contribution in [0.25, 0.3) is 0 Å². The van der Waals surface area contributed by atoms with Gasteiger partial charge in [0.2, 0.25) is 11.8 Å². The van der Waals surface area contributed by atoms with Crippen molar-refractivity contribution < 1.29 is 22.4 Å². The Morgan fingerprint density at radius 3 is 2.05 bits per heavy atom. The summed E-state index contributed by atoms with van der Waals surface area (Å²) in [6, 6.07) is 15.0. The summed E-state index contributed by atoms with van der Waals surface area (Å²) >= 11 is 12.4. The summed E-state index contributed by atoms with van der Waals surface area (Å²) in [6.07, 6.45) is 0.953. The number of carbonyl (C=O) groups is 2. The fourth-order valence-electron chi connectivity index (χ4n) is 4.20. The molecule has 0 radical (unpaired) electrons. The van der Waals surface area contributed by atoms with Gasteiger partial charge in [-0.1, -0.05) is 66.9 Å². The smallest absolute Gasteiger partial charge is 0.264 e. The molecule has 0 fully saturated rings. The van der Waals surface area contributed by atoms with Crippen molar-refractivity contribution in [1.29, 1.82) is 0 Å². The average Bonchev–Trinajstić information content (AvgIpc) is 2.92. The first-order valence-corrected chi connectivity index (χ1v) is 15.4. The Morgan fingerprint density at radius 2 is 1.51 bits per heavy atom. The molecule has 0 heterocycles. The Balaban J connectivity index is 2.09. The van der Waals surface area contributed by atoms with Crippen LogP contribution in [-0.4, -0.2) is 43.8 Å². The molecule has 11 heteroatoms. The fourth-order valence-corrected chi connectivity index (χ4v) is 6.11. The van der Waals surface area contributed by atoms with Crippen LogP contribution in [0.3, 0.4) is 0 Å². The lowest BCUT2D eigenvalue weighted by atomic mass is 10.1. The molecule has 2 amide bonds. The lowest BCUT2D eigenvalue weighted by Gasteiger charge is -2.33. The summed E-state index contributed by atoms with van der Waals surface area (Å²) in [5, 5.41) is 3.29. The van der Waals surface area contributed by atoms with Gasteiger partial charge in [-0.3, -0.25) is 13.9 Å². The molecule has 0 unspecified atom stereocenters. The number of benzene rings is 3. The second-order valence-electron chi connectivity index (χ2n) is 9.84. The molecule has 0 saturated heterocycles. The van der Waals surface area contributed by atoms with Crippen molar-refractivity contribution in [1.82, 2.24) is 10.2 Å². The number of hydrogen-bond donors (Lipinski definition) is 1. The summed E-state index contributed by atoms with van der Waals surface area (Å²) in [5.74, 6) is -1.44. The van der Waals surface area contributed by atoms with Gasteiger partial charge in [0, 0.05) is 22.6 Å². The van der Waals surface area contributed by atoms with Gasteiger partial charge in [0.15, 0.2) is 0 Å². The van der Waals surface area contributed by atoms with Crippen LogP contribution in [-0.2, 0) is 26.2 Å². The van der Waals surface area contributed by atoms with Gasteiger partial charge < -0.3 is 10.2 Å². The minimum Gasteiger partial charge on any atom is -0.352 e. The Kier molecular flexibility index (Phi) is 11.2. The van der Waals surface area contributed by atoms with Crippen LogP contribution in [0, 0.1) is 12.7 Å². The molecule has 1 N–H and O–H groups in total. The molecule has 3 aromatic carbocycles. The molecule has 0 aliphatic carbocycles. The number of amides is 2. The zero-order chi connectivity index (χ0) is 30.3. The largest absolute Gasteiger partial charge is 0.352 e. The van der Waals surface area contributed by atoms with E-state index in [-0.39, 0.29) is 45.5 Å². The third-order valence-electron chi connectivity index (χ3n) is 6.68. The van der Waals surface area contributed by atoms with E-state index in [2.05, 4.69) is 5.32 Å². The Hall–Kier alpha value is -3.14. The van der Waals surface area contributed by atoms with Gasteiger partial charge in [0.25, 0.3) is 10.0 Å². The summed E-state index contributed by atoms with van der Waals surface area (Å²) in [6.45, 7) is 6.70. The van der Waals surface area contributed by atoms with Crippen molar-refractivity contribution in [2.24, 2.45) is 0 Å². The van der Waals surface area contributed by atoms with Crippen molar-refractivity contribution in [3.8, 4) is 0 Å². The van der Waals surface area contributed by atoms with E-state index in [1.54, 1.807) is 19.1 Å². The van der Waals surface area contributed by atoms with Gasteiger partial charge in [-0.15, -0.1) is 0 Å². The van der Waals surface area contributed by atoms with Crippen LogP contribution in [0.5, 0.6) is 0 Å². The number of aryl methyl sites for hydroxylation is 1. The number of hydrogen-bond acceptors (Lipinski definition) is 4. The summed E-state index contributed by atoms with van der Waals surface area (Å²) in [7, 11) is -4.27. The first-order valence-electron chi connectivity index (χ1n) is 13.3. The average molecular weight is 623 g/mol. The van der Waals surface area contributed by atoms with E-state index < -0.39 is 34.3 Å². The van der Waals surface area contributed by atoms with Crippen LogP contribution in [0.15, 0.2) is 71.6 Å². The normalized spacial score (nSPS) is 12.9. The monoisotopic (exact) mass is 621 g/mol. The van der Waals surface area contributed by atoms with Crippen LogP contribution in [0.2, 0.25) is 10.0 Å². The first kappa shape index (κ1) is 32.4. The highest BCUT2D eigenvalue weighted by molar-refractivity contribution is 7.92. The molecule has 3 aromatic rings. The van der Waals surface area contributed by atoms with Crippen LogP contribution >= 0.6 is 23.2 Å². The molecular formula is C30H34Cl2FN3O4S. The topological polar surface area (TPSA) is 86.8 Å². The number of carbonyl (C=O) groups excluding carboxylic acids is 2. The van der Waals surface area contributed by atoms with Gasteiger partial charge in [-0.25, -0.2) is 12.8 Å². The molecule has 0 aliphatic rings. The predicted molar refractivity (Wildman–Crippen MR) is 161 cm³/mol. The van der Waals surface area contributed by atoms with Crippen molar-refractivity contribution in [3.63, 3.8) is 0 Å². The van der Waals surface area contributed by atoms with Crippen LogP contribution < -0.4 is 9.62 Å². The van der Waals surface area contributed by atoms with E-state index >= 15 is 0 Å². The minimum atomic E-state index is -4.27. The molecule has 220 valence electrons. The first-order chi connectivity index (χ1) is 19.3. The number of rotatable bonds is 12. The van der Waals surface area contributed by atoms with Gasteiger partial charge in [-0.05, 0) is 74.7 Å². The van der Waals surface area contributed by atoms with Crippen molar-refractivity contribution in [2.45, 2.75) is 64.1 Å². The predicted octanol–water partition coefficient (Wildman–Crippen LogP) is 6.36. The lowest BCUT2D eigenvalue weighted by molar-refractivity contribution is -0.140. The van der Waals surface area contributed by atoms with E-state index in [1.165, 1.54) is 59.5 Å². The summed E-state index contributed by atoms with van der Waals surface area (Å²) < 4.78 is 42.4. The number of nitrogens with one attached hydrogen (secondary N) is 1. The van der Waals surface area contributed by atoms with Crippen LogP contribution in [0.1, 0.15) is 44.7 Å². The van der Waals surface area contributed by atoms with Crippen molar-refractivity contribution >= 4 is 50.7 Å². The highest BCUT2D eigenvalue weighted by atomic mass is 35.5. The fraction of sp³-hybridized carbons (Fsp3) is 0.333. The van der Waals surface area contributed by atoms with Gasteiger partial charge in [0.05, 0.1) is 10.6 Å². The molecule has 3 rings (SSSR count). The van der Waals surface area contributed by atoms with E-state index in [0.29, 0.717) is 12.0 Å². The maximum Gasteiger partial charge on any atom is 0.264 e. The molecule has 0 saturated carbocycles. The van der Waals surface area contributed by atoms with Crippen molar-refractivity contribution in [2.75, 3.05) is 10.8 Å². The quantitative estimate of drug-likeness (QED) is 0.255. The molecule has 2 atom stereocenters. The lowest BCUT2D eigenvalue weighted by Crippen LogP contribution is -2.53. The molecule has 41 heavy (non-hydrogen) atoms. The van der Waals surface area contributed by atoms with Crippen LogP contribution in [0.4, 0.5) is 10.1 Å². The molecule has 0 aliphatic heterocycles. The minimum absolute atomic E-state index is 0.0290. The molecule has 7 nitrogen and oxygen atoms in total. The third-order valence-corrected chi connectivity index (χ3v) is 8.90. The molecular weight excluding hydrogens is 588 g/mol. The summed E-state index contributed by atoms with van der Waals surface area (Å²) in [4.78, 5) is 28.7. The number of anilines is 1. The van der Waals surface area contributed by atoms with E-state index in [9.17, 15) is 22.4 Å². The van der Waals surface area contributed by atoms with Gasteiger partial charge in [-0.2, -0.15) is 0 Å². The number of nitrogens with zero attached hydrogens (tertiary/aromatic N) is 2. The van der Waals surface area contributed by atoms with E-state index in [4.69, 9.17) is 23.2 Å². The zero-order valence-corrected chi connectivity index (χ0v) is 25.7. The summed E-state index contributed by atoms with van der Waals surface area (Å²) in [5.41, 5.74) is 1.53. The van der Waals surface area contributed by atoms with Crippen molar-refractivity contribution in [3.05, 3.63) is 93.7 Å². The highest BCUT2D eigenvalue weighted by Crippen LogP contribution is 2.30. The Morgan fingerprint density at radius 1 is 0.927 bits per heavy atom. The molecule has 0 aromatic heterocycles. The SMILES string of the molecule is CC[C@H](C(=O)N[C@@H](C)CC)N(Cc1ccc(F)cc1)C(=O)CN(c1cc(Cl)cc(Cl)c1)S(=O)(=O)c1ccc(C)cc1. The maximum atomic E-state index is 14.1. The van der Waals surface area contributed by atoms with Gasteiger partial charge in [0.1, 0.15) is 18.4 Å². The second kappa shape index (κ2) is 14.2. The third kappa shape index (κ3) is 8.44. The maximum absolute atomic E-state index is 14.1. The Labute approximate surface area is 251 Å². The zero-order valence-electron chi connectivity index (χ0n) is 23.4. The Bertz CT molecular complexity index is 1450. The van der Waals surface area contributed by atoms with E-state index in [1.807, 2.05) is 20.8 Å². The highest BCUT2D eigenvalue weighted by Gasteiger charge is 2.34. The standard InChI is InChI=1S/C30H34Cl2FN3O4S/c1-5-21(4)34-30(38)28(6-2)35(18-22-9-11-25(33)12-10-22)29(37)19-36(26-16-23(31)15-24(32)17-26)41(39,40)27-13-7-20(3)8-14-27/h7-17,21,28H,5-6,18-19H2,1-4H3,(H,34,38)/t21-,28+/m0/s1. The van der Waals surface area contributed by atoms with Gasteiger partial charge >= 0.3 is 0 Å². The molecule has 0 bridgehead atoms. The number of halogens is 3. The second-order valence-corrected chi connectivity index (χ2v) is 12.6.